The summed E-state index contributed by atoms with van der Waals surface area (Å²) in [5, 5.41) is 10.6. The van der Waals surface area contributed by atoms with Gasteiger partial charge in [0, 0.05) is 5.92 Å². The summed E-state index contributed by atoms with van der Waals surface area (Å²) in [5.41, 5.74) is -1.31. The molecule has 0 saturated heterocycles. The molecule has 2 atom stereocenters. The Labute approximate surface area is 99.2 Å². The zero-order valence-electron chi connectivity index (χ0n) is 11.2. The van der Waals surface area contributed by atoms with Crippen LogP contribution < -0.4 is 0 Å². The molecule has 0 fully saturated rings. The number of ether oxygens (including phenoxy) is 1. The van der Waals surface area contributed by atoms with Gasteiger partial charge in [-0.1, -0.05) is 34.1 Å². The molecular formula is C13H26O3. The Hall–Kier alpha value is -0.570. The minimum atomic E-state index is -1.31. The molecule has 0 aromatic carbocycles. The quantitative estimate of drug-likeness (QED) is 0.684. The molecule has 0 aliphatic carbocycles. The molecule has 0 aliphatic heterocycles. The molecule has 2 unspecified atom stereocenters. The second kappa shape index (κ2) is 6.89. The Balaban J connectivity index is 4.97. The van der Waals surface area contributed by atoms with Gasteiger partial charge in [0.05, 0.1) is 6.61 Å². The van der Waals surface area contributed by atoms with Crippen LogP contribution in [0.3, 0.4) is 0 Å². The van der Waals surface area contributed by atoms with Gasteiger partial charge in [0.15, 0.2) is 5.60 Å². The zero-order valence-corrected chi connectivity index (χ0v) is 11.2. The van der Waals surface area contributed by atoms with E-state index in [0.717, 1.165) is 12.8 Å². The first-order valence-corrected chi connectivity index (χ1v) is 6.33. The van der Waals surface area contributed by atoms with Crippen molar-refractivity contribution in [2.24, 2.45) is 11.8 Å². The summed E-state index contributed by atoms with van der Waals surface area (Å²) in [4.78, 5) is 11.9. The highest BCUT2D eigenvalue weighted by atomic mass is 16.5. The average molecular weight is 230 g/mol. The van der Waals surface area contributed by atoms with E-state index in [1.807, 2.05) is 27.7 Å². The lowest BCUT2D eigenvalue weighted by molar-refractivity contribution is -0.175. The molecule has 0 bridgehead atoms. The predicted octanol–water partition coefficient (Wildman–Crippen LogP) is 2.76. The highest BCUT2D eigenvalue weighted by Crippen LogP contribution is 2.33. The average Bonchev–Trinajstić information content (AvgIpc) is 2.18. The first-order valence-electron chi connectivity index (χ1n) is 6.33. The Morgan fingerprint density at radius 2 is 1.88 bits per heavy atom. The van der Waals surface area contributed by atoms with Gasteiger partial charge >= 0.3 is 5.97 Å². The van der Waals surface area contributed by atoms with Gasteiger partial charge in [-0.3, -0.25) is 0 Å². The highest BCUT2D eigenvalue weighted by Gasteiger charge is 2.44. The number of aliphatic hydroxyl groups is 1. The molecule has 0 aromatic heterocycles. The SMILES string of the molecule is CCCC(O)(C(=O)OCC)C(CC)C(C)C. The molecule has 0 amide bonds. The third kappa shape index (κ3) is 3.48. The Morgan fingerprint density at radius 3 is 2.19 bits per heavy atom. The number of hydrogen-bond donors (Lipinski definition) is 1. The zero-order chi connectivity index (χ0) is 12.8. The number of rotatable bonds is 7. The van der Waals surface area contributed by atoms with Crippen LogP contribution in [0.25, 0.3) is 0 Å². The minimum Gasteiger partial charge on any atom is -0.464 e. The summed E-state index contributed by atoms with van der Waals surface area (Å²) < 4.78 is 5.00. The predicted molar refractivity (Wildman–Crippen MR) is 65.1 cm³/mol. The first kappa shape index (κ1) is 15.4. The fraction of sp³-hybridized carbons (Fsp3) is 0.923. The minimum absolute atomic E-state index is 0.0356. The van der Waals surface area contributed by atoms with Crippen molar-refractivity contribution < 1.29 is 14.6 Å². The molecular weight excluding hydrogens is 204 g/mol. The molecule has 0 spiro atoms. The van der Waals surface area contributed by atoms with Crippen molar-refractivity contribution in [1.82, 2.24) is 0 Å². The number of esters is 1. The van der Waals surface area contributed by atoms with Gasteiger partial charge in [-0.2, -0.15) is 0 Å². The van der Waals surface area contributed by atoms with Gasteiger partial charge in [-0.25, -0.2) is 4.79 Å². The molecule has 0 heterocycles. The lowest BCUT2D eigenvalue weighted by atomic mass is 9.75. The van der Waals surface area contributed by atoms with Crippen LogP contribution in [0.4, 0.5) is 0 Å². The summed E-state index contributed by atoms with van der Waals surface area (Å²) in [6, 6.07) is 0. The summed E-state index contributed by atoms with van der Waals surface area (Å²) in [7, 11) is 0. The second-order valence-corrected chi connectivity index (χ2v) is 4.65. The van der Waals surface area contributed by atoms with Crippen LogP contribution in [0.5, 0.6) is 0 Å². The van der Waals surface area contributed by atoms with Crippen LogP contribution in [0, 0.1) is 11.8 Å². The van der Waals surface area contributed by atoms with Crippen molar-refractivity contribution in [3.05, 3.63) is 0 Å². The van der Waals surface area contributed by atoms with E-state index in [1.54, 1.807) is 6.92 Å². The summed E-state index contributed by atoms with van der Waals surface area (Å²) >= 11 is 0. The lowest BCUT2D eigenvalue weighted by Crippen LogP contribution is -2.48. The third-order valence-electron chi connectivity index (χ3n) is 3.12. The highest BCUT2D eigenvalue weighted by molar-refractivity contribution is 5.79. The van der Waals surface area contributed by atoms with Crippen molar-refractivity contribution in [1.29, 1.82) is 0 Å². The molecule has 96 valence electrons. The molecule has 0 rings (SSSR count). The maximum atomic E-state index is 11.9. The van der Waals surface area contributed by atoms with Gasteiger partial charge in [-0.15, -0.1) is 0 Å². The fourth-order valence-electron chi connectivity index (χ4n) is 2.44. The Kier molecular flexibility index (Phi) is 6.65. The molecule has 16 heavy (non-hydrogen) atoms. The van der Waals surface area contributed by atoms with Crippen LogP contribution >= 0.6 is 0 Å². The van der Waals surface area contributed by atoms with Gasteiger partial charge in [0.1, 0.15) is 0 Å². The van der Waals surface area contributed by atoms with Gasteiger partial charge in [0.2, 0.25) is 0 Å². The molecule has 3 nitrogen and oxygen atoms in total. The molecule has 1 N–H and O–H groups in total. The standard InChI is InChI=1S/C13H26O3/c1-6-9-13(15,12(14)16-8-3)11(7-2)10(4)5/h10-11,15H,6-9H2,1-5H3. The lowest BCUT2D eigenvalue weighted by Gasteiger charge is -2.35. The first-order chi connectivity index (χ1) is 7.43. The summed E-state index contributed by atoms with van der Waals surface area (Å²) in [6.45, 7) is 10.1. The van der Waals surface area contributed by atoms with E-state index >= 15 is 0 Å². The van der Waals surface area contributed by atoms with Gasteiger partial charge in [-0.05, 0) is 25.7 Å². The van der Waals surface area contributed by atoms with Crippen molar-refractivity contribution in [3.63, 3.8) is 0 Å². The van der Waals surface area contributed by atoms with Crippen molar-refractivity contribution in [2.45, 2.75) is 59.5 Å². The molecule has 3 heteroatoms. The van der Waals surface area contributed by atoms with Gasteiger partial charge < -0.3 is 9.84 Å². The number of hydrogen-bond acceptors (Lipinski definition) is 3. The largest absolute Gasteiger partial charge is 0.464 e. The van der Waals surface area contributed by atoms with Crippen molar-refractivity contribution in [2.75, 3.05) is 6.61 Å². The van der Waals surface area contributed by atoms with E-state index < -0.39 is 11.6 Å². The third-order valence-corrected chi connectivity index (χ3v) is 3.12. The molecule has 0 aromatic rings. The van der Waals surface area contributed by atoms with E-state index in [4.69, 9.17) is 4.74 Å². The fourth-order valence-corrected chi connectivity index (χ4v) is 2.44. The van der Waals surface area contributed by atoms with E-state index in [0.29, 0.717) is 13.0 Å². The van der Waals surface area contributed by atoms with Gasteiger partial charge in [0.25, 0.3) is 0 Å². The van der Waals surface area contributed by atoms with E-state index in [-0.39, 0.29) is 11.8 Å². The van der Waals surface area contributed by atoms with E-state index in [2.05, 4.69) is 0 Å². The molecule has 0 aliphatic rings. The van der Waals surface area contributed by atoms with E-state index in [9.17, 15) is 9.90 Å². The van der Waals surface area contributed by atoms with Crippen LogP contribution in [0.2, 0.25) is 0 Å². The topological polar surface area (TPSA) is 46.5 Å². The normalized spacial score (nSPS) is 16.9. The number of carbonyl (C=O) groups excluding carboxylic acids is 1. The maximum Gasteiger partial charge on any atom is 0.338 e. The smallest absolute Gasteiger partial charge is 0.338 e. The molecule has 0 saturated carbocycles. The number of carbonyl (C=O) groups is 1. The van der Waals surface area contributed by atoms with Crippen LogP contribution in [0.1, 0.15) is 53.9 Å². The van der Waals surface area contributed by atoms with Crippen LogP contribution in [0.15, 0.2) is 0 Å². The monoisotopic (exact) mass is 230 g/mol. The Bertz CT molecular complexity index is 213. The summed E-state index contributed by atoms with van der Waals surface area (Å²) in [5.74, 6) is -0.227. The second-order valence-electron chi connectivity index (χ2n) is 4.65. The summed E-state index contributed by atoms with van der Waals surface area (Å²) in [6.07, 6.45) is 2.04. The van der Waals surface area contributed by atoms with Crippen molar-refractivity contribution in [3.8, 4) is 0 Å². The van der Waals surface area contributed by atoms with Crippen LogP contribution in [-0.4, -0.2) is 23.3 Å². The Morgan fingerprint density at radius 1 is 1.31 bits per heavy atom. The molecule has 0 radical (unpaired) electrons. The van der Waals surface area contributed by atoms with Crippen molar-refractivity contribution >= 4 is 5.97 Å². The maximum absolute atomic E-state index is 11.9. The van der Waals surface area contributed by atoms with Crippen LogP contribution in [-0.2, 0) is 9.53 Å². The van der Waals surface area contributed by atoms with E-state index in [1.165, 1.54) is 0 Å².